The standard InChI is InChI=1S/C33H43N7O10/c1-2-48-33(47)50-38-19-17-37(18-20-38)31(45)24(12-13-29(42)43)34-30(44)25-21-28(40(35-25)23-9-4-3-5-10-23)49-22-27(41)39-16-8-11-26(39)32(46)36-14-6-7-15-36/h3-5,9-10,21,24,26H,2,6-8,11-20,22H2,1H3,(H,34,44)(H,42,43)/t24-,26-/m0/s1. The molecule has 0 aliphatic carbocycles. The van der Waals surface area contributed by atoms with E-state index in [9.17, 15) is 33.9 Å². The zero-order chi connectivity index (χ0) is 35.6. The highest BCUT2D eigenvalue weighted by Gasteiger charge is 2.37. The number of amides is 4. The third-order valence-corrected chi connectivity index (χ3v) is 8.80. The second kappa shape index (κ2) is 17.0. The van der Waals surface area contributed by atoms with Gasteiger partial charge in [-0.1, -0.05) is 18.2 Å². The van der Waals surface area contributed by atoms with Crippen molar-refractivity contribution in [3.63, 3.8) is 0 Å². The summed E-state index contributed by atoms with van der Waals surface area (Å²) in [5.41, 5.74) is 0.416. The van der Waals surface area contributed by atoms with E-state index in [4.69, 9.17) is 14.3 Å². The van der Waals surface area contributed by atoms with Crippen LogP contribution in [0.1, 0.15) is 55.9 Å². The third kappa shape index (κ3) is 9.07. The van der Waals surface area contributed by atoms with Crippen LogP contribution in [-0.2, 0) is 28.8 Å². The maximum atomic E-state index is 13.6. The molecule has 5 rings (SSSR count). The van der Waals surface area contributed by atoms with Crippen molar-refractivity contribution in [1.82, 2.24) is 34.9 Å². The quantitative estimate of drug-likeness (QED) is 0.283. The molecule has 2 atom stereocenters. The first-order chi connectivity index (χ1) is 24.1. The number of hydroxylamine groups is 2. The van der Waals surface area contributed by atoms with Crippen LogP contribution in [0.4, 0.5) is 4.79 Å². The first kappa shape index (κ1) is 36.1. The van der Waals surface area contributed by atoms with Crippen LogP contribution in [0, 0.1) is 0 Å². The lowest BCUT2D eigenvalue weighted by atomic mass is 10.1. The lowest BCUT2D eigenvalue weighted by Gasteiger charge is -2.35. The van der Waals surface area contributed by atoms with Crippen molar-refractivity contribution in [2.75, 3.05) is 59.0 Å². The molecular formula is C33H43N7O10. The summed E-state index contributed by atoms with van der Waals surface area (Å²) in [6.07, 6.45) is 1.80. The summed E-state index contributed by atoms with van der Waals surface area (Å²) >= 11 is 0. The van der Waals surface area contributed by atoms with Crippen molar-refractivity contribution in [3.8, 4) is 11.6 Å². The third-order valence-electron chi connectivity index (χ3n) is 8.80. The van der Waals surface area contributed by atoms with Crippen LogP contribution < -0.4 is 10.1 Å². The molecule has 0 bridgehead atoms. The Morgan fingerprint density at radius 2 is 1.66 bits per heavy atom. The van der Waals surface area contributed by atoms with Crippen LogP contribution in [0.2, 0.25) is 0 Å². The van der Waals surface area contributed by atoms with Crippen LogP contribution in [0.3, 0.4) is 0 Å². The normalized spacial score (nSPS) is 18.4. The average molecular weight is 698 g/mol. The van der Waals surface area contributed by atoms with E-state index in [0.717, 1.165) is 12.8 Å². The fraction of sp³-hybridized carbons (Fsp3) is 0.545. The van der Waals surface area contributed by atoms with Gasteiger partial charge in [0.05, 0.1) is 25.4 Å². The summed E-state index contributed by atoms with van der Waals surface area (Å²) in [5, 5.41) is 17.7. The molecule has 0 radical (unpaired) electrons. The topological polar surface area (TPSA) is 193 Å². The molecule has 0 saturated carbocycles. The Balaban J connectivity index is 1.27. The molecular weight excluding hydrogens is 654 g/mol. The van der Waals surface area contributed by atoms with Crippen molar-refractivity contribution in [1.29, 1.82) is 0 Å². The van der Waals surface area contributed by atoms with Crippen LogP contribution in [0.15, 0.2) is 36.4 Å². The number of aromatic nitrogens is 2. The molecule has 0 spiro atoms. The van der Waals surface area contributed by atoms with E-state index in [0.29, 0.717) is 38.2 Å². The van der Waals surface area contributed by atoms with Gasteiger partial charge in [-0.2, -0.15) is 5.10 Å². The van der Waals surface area contributed by atoms with Gasteiger partial charge in [0.25, 0.3) is 11.8 Å². The number of likely N-dealkylation sites (tertiary alicyclic amines) is 2. The molecule has 2 aromatic rings. The molecule has 3 saturated heterocycles. The summed E-state index contributed by atoms with van der Waals surface area (Å²) in [7, 11) is 0. The number of ether oxygens (including phenoxy) is 2. The summed E-state index contributed by atoms with van der Waals surface area (Å²) in [4.78, 5) is 86.5. The minimum Gasteiger partial charge on any atom is -0.481 e. The number of aliphatic carboxylic acids is 1. The second-order valence-corrected chi connectivity index (χ2v) is 12.2. The summed E-state index contributed by atoms with van der Waals surface area (Å²) in [6, 6.07) is 8.43. The molecule has 1 aromatic heterocycles. The van der Waals surface area contributed by atoms with E-state index in [-0.39, 0.29) is 69.0 Å². The Kier molecular flexibility index (Phi) is 12.2. The van der Waals surface area contributed by atoms with E-state index in [2.05, 4.69) is 10.4 Å². The number of carbonyl (C=O) groups is 6. The molecule has 4 amide bonds. The van der Waals surface area contributed by atoms with Gasteiger partial charge < -0.3 is 39.4 Å². The van der Waals surface area contributed by atoms with E-state index in [1.165, 1.54) is 20.7 Å². The fourth-order valence-corrected chi connectivity index (χ4v) is 6.25. The lowest BCUT2D eigenvalue weighted by Crippen LogP contribution is -2.55. The molecule has 2 N–H and O–H groups in total. The SMILES string of the molecule is CCOC(=O)ON1CCN(C(=O)[C@H](CCC(=O)O)NC(=O)c2cc(OCC(=O)N3CCC[C@H]3C(=O)N3CCCC3)n(-c3ccccc3)n2)CC1. The van der Waals surface area contributed by atoms with Gasteiger partial charge in [0, 0.05) is 45.2 Å². The van der Waals surface area contributed by atoms with Crippen molar-refractivity contribution >= 4 is 35.8 Å². The molecule has 50 heavy (non-hydrogen) atoms. The number of hydrogen-bond acceptors (Lipinski definition) is 11. The van der Waals surface area contributed by atoms with Crippen LogP contribution in [0.5, 0.6) is 5.88 Å². The molecule has 17 heteroatoms. The zero-order valence-corrected chi connectivity index (χ0v) is 28.0. The Hall–Kier alpha value is -5.19. The highest BCUT2D eigenvalue weighted by Crippen LogP contribution is 2.24. The molecule has 1 aromatic carbocycles. The van der Waals surface area contributed by atoms with E-state index in [1.807, 2.05) is 4.90 Å². The van der Waals surface area contributed by atoms with Crippen LogP contribution in [-0.4, -0.2) is 142 Å². The predicted molar refractivity (Wildman–Crippen MR) is 174 cm³/mol. The second-order valence-electron chi connectivity index (χ2n) is 12.2. The van der Waals surface area contributed by atoms with Crippen LogP contribution >= 0.6 is 0 Å². The molecule has 3 aliphatic heterocycles. The minimum absolute atomic E-state index is 0.0412. The average Bonchev–Trinajstić information content (AvgIpc) is 3.91. The number of nitrogens with zero attached hydrogens (tertiary/aromatic N) is 6. The zero-order valence-electron chi connectivity index (χ0n) is 28.0. The van der Waals surface area contributed by atoms with Gasteiger partial charge in [-0.05, 0) is 51.2 Å². The van der Waals surface area contributed by atoms with Crippen molar-refractivity contribution in [2.24, 2.45) is 0 Å². The molecule has 0 unspecified atom stereocenters. The summed E-state index contributed by atoms with van der Waals surface area (Å²) < 4.78 is 12.1. The van der Waals surface area contributed by atoms with Gasteiger partial charge in [-0.25, -0.2) is 9.48 Å². The fourth-order valence-electron chi connectivity index (χ4n) is 6.25. The molecule has 3 aliphatic rings. The maximum Gasteiger partial charge on any atom is 0.527 e. The number of rotatable bonds is 13. The number of para-hydroxylation sites is 1. The first-order valence-electron chi connectivity index (χ1n) is 16.9. The number of hydrogen-bond donors (Lipinski definition) is 2. The maximum absolute atomic E-state index is 13.6. The smallest absolute Gasteiger partial charge is 0.481 e. The highest BCUT2D eigenvalue weighted by molar-refractivity contribution is 5.96. The van der Waals surface area contributed by atoms with Gasteiger partial charge in [0.15, 0.2) is 12.3 Å². The van der Waals surface area contributed by atoms with Crippen molar-refractivity contribution in [3.05, 3.63) is 42.1 Å². The summed E-state index contributed by atoms with van der Waals surface area (Å²) in [5.74, 6) is -2.70. The van der Waals surface area contributed by atoms with Gasteiger partial charge >= 0.3 is 12.1 Å². The first-order valence-corrected chi connectivity index (χ1v) is 16.9. The molecule has 3 fully saturated rings. The number of carbonyl (C=O) groups excluding carboxylic acids is 5. The Morgan fingerprint density at radius 3 is 2.34 bits per heavy atom. The minimum atomic E-state index is -1.19. The Morgan fingerprint density at radius 1 is 0.940 bits per heavy atom. The van der Waals surface area contributed by atoms with E-state index >= 15 is 0 Å². The monoisotopic (exact) mass is 697 g/mol. The highest BCUT2D eigenvalue weighted by atomic mass is 16.8. The molecule has 17 nitrogen and oxygen atoms in total. The lowest BCUT2D eigenvalue weighted by molar-refractivity contribution is -0.157. The predicted octanol–water partition coefficient (Wildman–Crippen LogP) is 1.06. The van der Waals surface area contributed by atoms with E-state index < -0.39 is 42.6 Å². The summed E-state index contributed by atoms with van der Waals surface area (Å²) in [6.45, 7) is 3.94. The van der Waals surface area contributed by atoms with Crippen molar-refractivity contribution < 1.29 is 48.2 Å². The van der Waals surface area contributed by atoms with Crippen molar-refractivity contribution in [2.45, 2.75) is 57.5 Å². The number of carboxylic acids is 1. The van der Waals surface area contributed by atoms with Gasteiger partial charge in [0.1, 0.15) is 12.1 Å². The van der Waals surface area contributed by atoms with Gasteiger partial charge in [-0.15, -0.1) is 5.06 Å². The number of nitrogens with one attached hydrogen (secondary N) is 1. The molecule has 4 heterocycles. The number of carboxylic acid groups (broad SMARTS) is 1. The van der Waals surface area contributed by atoms with Crippen LogP contribution in [0.25, 0.3) is 5.69 Å². The van der Waals surface area contributed by atoms with Gasteiger partial charge in [-0.3, -0.25) is 24.0 Å². The van der Waals surface area contributed by atoms with E-state index in [1.54, 1.807) is 42.2 Å². The number of benzene rings is 1. The van der Waals surface area contributed by atoms with Gasteiger partial charge in [0.2, 0.25) is 17.7 Å². The Bertz CT molecular complexity index is 1540. The number of piperazine rings is 1. The Labute approximate surface area is 288 Å². The molecule has 270 valence electrons. The largest absolute Gasteiger partial charge is 0.527 e.